The number of para-hydroxylation sites is 1. The maximum Gasteiger partial charge on any atom is 0.336 e. The lowest BCUT2D eigenvalue weighted by Crippen LogP contribution is -2.20. The molecular weight excluding hydrogens is 306 g/mol. The van der Waals surface area contributed by atoms with Crippen molar-refractivity contribution in [2.24, 2.45) is 0 Å². The maximum absolute atomic E-state index is 12.0. The number of nitrogens with one attached hydrogen (secondary N) is 1. The van der Waals surface area contributed by atoms with Crippen LogP contribution < -0.4 is 15.7 Å². The van der Waals surface area contributed by atoms with Crippen molar-refractivity contribution >= 4 is 22.6 Å². The van der Waals surface area contributed by atoms with Crippen LogP contribution in [0.25, 0.3) is 11.0 Å². The number of anilines is 1. The Balaban J connectivity index is 1.77. The summed E-state index contributed by atoms with van der Waals surface area (Å²) in [6.45, 7) is 3.53. The molecule has 0 fully saturated rings. The molecule has 0 bridgehead atoms. The Morgan fingerprint density at radius 3 is 2.62 bits per heavy atom. The van der Waals surface area contributed by atoms with Crippen LogP contribution in [0.15, 0.2) is 57.7 Å². The summed E-state index contributed by atoms with van der Waals surface area (Å²) in [5.74, 6) is 0.255. The molecule has 3 aromatic rings. The minimum atomic E-state index is -0.401. The molecule has 0 radical (unpaired) electrons. The van der Waals surface area contributed by atoms with Crippen molar-refractivity contribution in [3.8, 4) is 5.75 Å². The molecule has 0 aliphatic rings. The number of carbonyl (C=O) groups excluding carboxylic acids is 1. The Labute approximate surface area is 138 Å². The number of amides is 1. The Morgan fingerprint density at radius 1 is 1.12 bits per heavy atom. The highest BCUT2D eigenvalue weighted by Gasteiger charge is 2.11. The van der Waals surface area contributed by atoms with Gasteiger partial charge in [-0.3, -0.25) is 4.79 Å². The summed E-state index contributed by atoms with van der Waals surface area (Å²) in [5, 5.41) is 3.60. The number of ether oxygens (including phenoxy) is 1. The van der Waals surface area contributed by atoms with Crippen molar-refractivity contribution in [2.75, 3.05) is 11.9 Å². The Hall–Kier alpha value is -3.08. The van der Waals surface area contributed by atoms with Gasteiger partial charge in [-0.2, -0.15) is 0 Å². The van der Waals surface area contributed by atoms with Crippen LogP contribution in [-0.4, -0.2) is 12.5 Å². The third-order valence-corrected chi connectivity index (χ3v) is 3.73. The number of fused-ring (bicyclic) bond motifs is 1. The standard InChI is InChI=1S/C19H17NO4/c1-12-10-18(22)24-19-13(2)16(9-8-15(12)19)23-11-17(21)20-14-6-4-3-5-7-14/h3-10H,11H2,1-2H3,(H,20,21). The predicted octanol–water partition coefficient (Wildman–Crippen LogP) is 3.43. The van der Waals surface area contributed by atoms with E-state index in [1.807, 2.05) is 31.2 Å². The Kier molecular flexibility index (Phi) is 4.33. The first-order valence-electron chi connectivity index (χ1n) is 7.56. The fourth-order valence-electron chi connectivity index (χ4n) is 2.52. The number of aryl methyl sites for hydroxylation is 2. The predicted molar refractivity (Wildman–Crippen MR) is 92.5 cm³/mol. The van der Waals surface area contributed by atoms with Gasteiger partial charge in [-0.1, -0.05) is 18.2 Å². The number of hydrogen-bond donors (Lipinski definition) is 1. The molecule has 5 nitrogen and oxygen atoms in total. The monoisotopic (exact) mass is 323 g/mol. The highest BCUT2D eigenvalue weighted by atomic mass is 16.5. The molecule has 1 aromatic heterocycles. The summed E-state index contributed by atoms with van der Waals surface area (Å²) in [5.41, 5.74) is 2.34. The molecule has 0 saturated carbocycles. The molecule has 2 aromatic carbocycles. The molecule has 0 aliphatic heterocycles. The van der Waals surface area contributed by atoms with Gasteiger partial charge in [0.25, 0.3) is 5.91 Å². The minimum absolute atomic E-state index is 0.128. The summed E-state index contributed by atoms with van der Waals surface area (Å²) >= 11 is 0. The number of carbonyl (C=O) groups is 1. The second-order valence-electron chi connectivity index (χ2n) is 5.52. The molecule has 1 heterocycles. The van der Waals surface area contributed by atoms with Crippen LogP contribution in [0.3, 0.4) is 0 Å². The van der Waals surface area contributed by atoms with Crippen LogP contribution in [0.1, 0.15) is 11.1 Å². The zero-order valence-electron chi connectivity index (χ0n) is 13.5. The van der Waals surface area contributed by atoms with E-state index in [0.717, 1.165) is 10.9 Å². The Bertz CT molecular complexity index is 945. The average Bonchev–Trinajstić information content (AvgIpc) is 2.56. The van der Waals surface area contributed by atoms with Gasteiger partial charge in [0.05, 0.1) is 0 Å². The van der Waals surface area contributed by atoms with Gasteiger partial charge >= 0.3 is 5.63 Å². The largest absolute Gasteiger partial charge is 0.483 e. The lowest BCUT2D eigenvalue weighted by atomic mass is 10.1. The molecule has 3 rings (SSSR count). The van der Waals surface area contributed by atoms with Crippen molar-refractivity contribution in [1.82, 2.24) is 0 Å². The van der Waals surface area contributed by atoms with E-state index >= 15 is 0 Å². The highest BCUT2D eigenvalue weighted by Crippen LogP contribution is 2.28. The van der Waals surface area contributed by atoms with Crippen LogP contribution in [0, 0.1) is 13.8 Å². The van der Waals surface area contributed by atoms with Gasteiger partial charge < -0.3 is 14.5 Å². The number of benzene rings is 2. The van der Waals surface area contributed by atoms with E-state index in [9.17, 15) is 9.59 Å². The smallest absolute Gasteiger partial charge is 0.336 e. The normalized spacial score (nSPS) is 10.6. The van der Waals surface area contributed by atoms with E-state index in [0.29, 0.717) is 22.6 Å². The SMILES string of the molecule is Cc1cc(=O)oc2c(C)c(OCC(=O)Nc3ccccc3)ccc12. The van der Waals surface area contributed by atoms with Crippen LogP contribution >= 0.6 is 0 Å². The molecule has 24 heavy (non-hydrogen) atoms. The molecule has 1 amide bonds. The van der Waals surface area contributed by atoms with E-state index < -0.39 is 5.63 Å². The van der Waals surface area contributed by atoms with Crippen LogP contribution in [0.5, 0.6) is 5.75 Å². The van der Waals surface area contributed by atoms with Gasteiger partial charge in [0.1, 0.15) is 11.3 Å². The molecule has 0 atom stereocenters. The van der Waals surface area contributed by atoms with Crippen molar-refractivity contribution < 1.29 is 13.9 Å². The Morgan fingerprint density at radius 2 is 1.88 bits per heavy atom. The molecule has 0 aliphatic carbocycles. The first-order chi connectivity index (χ1) is 11.5. The molecule has 122 valence electrons. The minimum Gasteiger partial charge on any atom is -0.483 e. The van der Waals surface area contributed by atoms with E-state index in [4.69, 9.17) is 9.15 Å². The van der Waals surface area contributed by atoms with Gasteiger partial charge in [0.2, 0.25) is 0 Å². The zero-order valence-corrected chi connectivity index (χ0v) is 13.5. The van der Waals surface area contributed by atoms with Crippen molar-refractivity contribution in [3.05, 3.63) is 70.1 Å². The number of hydrogen-bond acceptors (Lipinski definition) is 4. The lowest BCUT2D eigenvalue weighted by Gasteiger charge is -2.11. The summed E-state index contributed by atoms with van der Waals surface area (Å²) < 4.78 is 10.9. The molecule has 0 unspecified atom stereocenters. The maximum atomic E-state index is 12.0. The topological polar surface area (TPSA) is 68.5 Å². The van der Waals surface area contributed by atoms with Gasteiger partial charge in [-0.25, -0.2) is 4.79 Å². The van der Waals surface area contributed by atoms with Crippen molar-refractivity contribution in [2.45, 2.75) is 13.8 Å². The second-order valence-corrected chi connectivity index (χ2v) is 5.52. The fraction of sp³-hybridized carbons (Fsp3) is 0.158. The van der Waals surface area contributed by atoms with E-state index in [2.05, 4.69) is 5.32 Å². The first kappa shape index (κ1) is 15.8. The third kappa shape index (κ3) is 3.30. The number of rotatable bonds is 4. The fourth-order valence-corrected chi connectivity index (χ4v) is 2.52. The molecule has 1 N–H and O–H groups in total. The summed E-state index contributed by atoms with van der Waals surface area (Å²) in [6.07, 6.45) is 0. The average molecular weight is 323 g/mol. The van der Waals surface area contributed by atoms with Crippen LogP contribution in [0.4, 0.5) is 5.69 Å². The quantitative estimate of drug-likeness (QED) is 0.747. The molecule has 5 heteroatoms. The summed E-state index contributed by atoms with van der Waals surface area (Å²) in [6, 6.07) is 14.2. The van der Waals surface area contributed by atoms with Gasteiger partial charge in [-0.05, 0) is 43.7 Å². The molecular formula is C19H17NO4. The molecule has 0 saturated heterocycles. The van der Waals surface area contributed by atoms with E-state index in [-0.39, 0.29) is 12.5 Å². The lowest BCUT2D eigenvalue weighted by molar-refractivity contribution is -0.118. The molecule has 0 spiro atoms. The highest BCUT2D eigenvalue weighted by molar-refractivity contribution is 5.92. The van der Waals surface area contributed by atoms with Crippen molar-refractivity contribution in [3.63, 3.8) is 0 Å². The first-order valence-corrected chi connectivity index (χ1v) is 7.56. The van der Waals surface area contributed by atoms with Gasteiger partial charge in [-0.15, -0.1) is 0 Å². The van der Waals surface area contributed by atoms with E-state index in [1.165, 1.54) is 6.07 Å². The van der Waals surface area contributed by atoms with Crippen LogP contribution in [0.2, 0.25) is 0 Å². The van der Waals surface area contributed by atoms with E-state index in [1.54, 1.807) is 25.1 Å². The van der Waals surface area contributed by atoms with Gasteiger partial charge in [0.15, 0.2) is 6.61 Å². The van der Waals surface area contributed by atoms with Crippen LogP contribution in [-0.2, 0) is 4.79 Å². The summed E-state index contributed by atoms with van der Waals surface area (Å²) in [7, 11) is 0. The van der Waals surface area contributed by atoms with Gasteiger partial charge in [0, 0.05) is 22.7 Å². The summed E-state index contributed by atoms with van der Waals surface area (Å²) in [4.78, 5) is 23.5. The second kappa shape index (κ2) is 6.58. The third-order valence-electron chi connectivity index (χ3n) is 3.73. The zero-order chi connectivity index (χ0) is 17.1. The van der Waals surface area contributed by atoms with Crippen molar-refractivity contribution in [1.29, 1.82) is 0 Å².